The van der Waals surface area contributed by atoms with Crippen molar-refractivity contribution in [2.75, 3.05) is 26.8 Å². The van der Waals surface area contributed by atoms with Gasteiger partial charge in [0, 0.05) is 42.6 Å². The molecule has 4 N–H and O–H groups in total. The van der Waals surface area contributed by atoms with Crippen molar-refractivity contribution in [3.63, 3.8) is 0 Å². The maximum absolute atomic E-state index is 12.4. The number of azo groups is 1. The minimum absolute atomic E-state index is 0.0480. The second-order valence-corrected chi connectivity index (χ2v) is 10.1. The zero-order valence-corrected chi connectivity index (χ0v) is 25.5. The number of nitrogens with one attached hydrogen (secondary N) is 2. The third kappa shape index (κ3) is 12.5. The Balaban J connectivity index is 1.31. The molecule has 0 aliphatic carbocycles. The molecule has 0 spiro atoms. The van der Waals surface area contributed by atoms with Crippen molar-refractivity contribution in [2.45, 2.75) is 43.5 Å². The van der Waals surface area contributed by atoms with Crippen LogP contribution >= 0.6 is 12.0 Å². The number of carboxylic acid groups (broad SMARTS) is 1. The van der Waals surface area contributed by atoms with Gasteiger partial charge in [0.2, 0.25) is 5.91 Å². The highest BCUT2D eigenvalue weighted by atomic mass is 32.2. The SMILES string of the molecule is COc1cccc(OCCCC(=O)NCCCNC(=O)c2ccc(N=NCc3ccccc3SOOO)nc2)c1CCC(=O)O. The Bertz CT molecular complexity index is 1420. The summed E-state index contributed by atoms with van der Waals surface area (Å²) in [5.41, 5.74) is 1.85. The molecule has 0 radical (unpaired) electrons. The van der Waals surface area contributed by atoms with Gasteiger partial charge in [0.15, 0.2) is 5.82 Å². The van der Waals surface area contributed by atoms with E-state index >= 15 is 0 Å². The molecule has 3 aromatic rings. The van der Waals surface area contributed by atoms with E-state index in [0.717, 1.165) is 17.6 Å². The minimum Gasteiger partial charge on any atom is -0.496 e. The summed E-state index contributed by atoms with van der Waals surface area (Å²) in [5.74, 6) is 0.0940. The summed E-state index contributed by atoms with van der Waals surface area (Å²) in [7, 11) is 1.52. The molecule has 0 saturated heterocycles. The number of amides is 2. The molecular weight excluding hydrogens is 606 g/mol. The fourth-order valence-corrected chi connectivity index (χ4v) is 4.48. The van der Waals surface area contributed by atoms with Crippen molar-refractivity contribution in [3.8, 4) is 11.5 Å². The lowest BCUT2D eigenvalue weighted by Gasteiger charge is -2.14. The summed E-state index contributed by atoms with van der Waals surface area (Å²) in [6.45, 7) is 1.29. The Labute approximate surface area is 264 Å². The van der Waals surface area contributed by atoms with Crippen LogP contribution in [0.3, 0.4) is 0 Å². The summed E-state index contributed by atoms with van der Waals surface area (Å²) in [6, 6.07) is 15.7. The first kappa shape index (κ1) is 34.9. The Hall–Kier alpha value is -4.57. The number of carbonyl (C=O) groups is 3. The number of hydrogen-bond donors (Lipinski definition) is 4. The van der Waals surface area contributed by atoms with E-state index in [1.54, 1.807) is 42.5 Å². The third-order valence-corrected chi connectivity index (χ3v) is 6.92. The number of pyridine rings is 1. The molecule has 1 aromatic heterocycles. The highest BCUT2D eigenvalue weighted by Crippen LogP contribution is 2.30. The standard InChI is InChI=1S/C30H35N5O9S/c1-41-24-8-4-9-25(23(24)13-15-29(37)38)42-18-5-11-28(36)31-16-6-17-32-30(39)22-12-14-27(33-19-22)35-34-20-21-7-2-3-10-26(21)45-44-43-40/h2-4,7-10,12,14,19,40H,5-6,11,13,15-18,20H2,1H3,(H,31,36)(H,32,39)(H,37,38). The molecule has 0 fully saturated rings. The number of methoxy groups -OCH3 is 1. The molecule has 3 rings (SSSR count). The Morgan fingerprint density at radius 3 is 2.51 bits per heavy atom. The lowest BCUT2D eigenvalue weighted by atomic mass is 10.1. The van der Waals surface area contributed by atoms with E-state index in [1.807, 2.05) is 12.1 Å². The number of hydrogen-bond acceptors (Lipinski definition) is 12. The monoisotopic (exact) mass is 641 g/mol. The quantitative estimate of drug-likeness (QED) is 0.0431. The average Bonchev–Trinajstić information content (AvgIpc) is 3.05. The minimum atomic E-state index is -0.910. The number of nitrogens with zero attached hydrogens (tertiary/aromatic N) is 3. The van der Waals surface area contributed by atoms with Crippen LogP contribution in [0.25, 0.3) is 0 Å². The van der Waals surface area contributed by atoms with Crippen LogP contribution in [0.4, 0.5) is 5.82 Å². The second-order valence-electron chi connectivity index (χ2n) is 9.38. The third-order valence-electron chi connectivity index (χ3n) is 6.22. The largest absolute Gasteiger partial charge is 0.496 e. The highest BCUT2D eigenvalue weighted by Gasteiger charge is 2.13. The molecule has 0 bridgehead atoms. The van der Waals surface area contributed by atoms with Crippen molar-refractivity contribution in [1.29, 1.82) is 0 Å². The van der Waals surface area contributed by atoms with E-state index in [9.17, 15) is 14.4 Å². The van der Waals surface area contributed by atoms with Crippen LogP contribution in [0.15, 0.2) is 75.9 Å². The molecule has 2 amide bonds. The average molecular weight is 642 g/mol. The number of ether oxygens (including phenoxy) is 2. The second kappa shape index (κ2) is 19.7. The van der Waals surface area contributed by atoms with Crippen LogP contribution in [0, 0.1) is 0 Å². The predicted molar refractivity (Wildman–Crippen MR) is 163 cm³/mol. The van der Waals surface area contributed by atoms with Gasteiger partial charge in [-0.3, -0.25) is 14.4 Å². The number of aliphatic carboxylic acids is 1. The molecule has 0 saturated carbocycles. The van der Waals surface area contributed by atoms with Crippen LogP contribution < -0.4 is 20.1 Å². The van der Waals surface area contributed by atoms with E-state index < -0.39 is 5.97 Å². The summed E-state index contributed by atoms with van der Waals surface area (Å²) in [5, 5.41) is 34.8. The van der Waals surface area contributed by atoms with Crippen molar-refractivity contribution in [2.24, 2.45) is 10.2 Å². The number of benzene rings is 2. The smallest absolute Gasteiger partial charge is 0.303 e. The van der Waals surface area contributed by atoms with Crippen molar-refractivity contribution in [1.82, 2.24) is 15.6 Å². The summed E-state index contributed by atoms with van der Waals surface area (Å²) >= 11 is 0.840. The zero-order valence-electron chi connectivity index (χ0n) is 24.6. The van der Waals surface area contributed by atoms with Gasteiger partial charge >= 0.3 is 5.97 Å². The van der Waals surface area contributed by atoms with Crippen molar-refractivity contribution >= 4 is 35.6 Å². The summed E-state index contributed by atoms with van der Waals surface area (Å²) in [6.07, 6.45) is 2.91. The summed E-state index contributed by atoms with van der Waals surface area (Å²) in [4.78, 5) is 40.4. The molecule has 0 atom stereocenters. The molecule has 15 heteroatoms. The number of carbonyl (C=O) groups excluding carboxylic acids is 2. The van der Waals surface area contributed by atoms with Gasteiger partial charge < -0.3 is 25.2 Å². The summed E-state index contributed by atoms with van der Waals surface area (Å²) < 4.78 is 15.6. The normalized spacial score (nSPS) is 10.9. The van der Waals surface area contributed by atoms with Crippen LogP contribution in [0.2, 0.25) is 0 Å². The molecule has 0 aliphatic rings. The van der Waals surface area contributed by atoms with Gasteiger partial charge in [0.1, 0.15) is 11.5 Å². The number of rotatable bonds is 20. The van der Waals surface area contributed by atoms with Gasteiger partial charge in [0.05, 0.1) is 37.9 Å². The number of aromatic nitrogens is 1. The molecule has 240 valence electrons. The van der Waals surface area contributed by atoms with Gasteiger partial charge in [-0.05, 0) is 55.2 Å². The van der Waals surface area contributed by atoms with Gasteiger partial charge in [-0.2, -0.15) is 5.11 Å². The lowest BCUT2D eigenvalue weighted by Crippen LogP contribution is -2.30. The first-order valence-corrected chi connectivity index (χ1v) is 14.8. The predicted octanol–water partition coefficient (Wildman–Crippen LogP) is 4.91. The zero-order chi connectivity index (χ0) is 32.3. The van der Waals surface area contributed by atoms with Crippen molar-refractivity contribution in [3.05, 3.63) is 77.5 Å². The van der Waals surface area contributed by atoms with E-state index in [2.05, 4.69) is 35.2 Å². The molecular formula is C30H35N5O9S. The Morgan fingerprint density at radius 1 is 0.956 bits per heavy atom. The van der Waals surface area contributed by atoms with Crippen LogP contribution in [0.5, 0.6) is 11.5 Å². The highest BCUT2D eigenvalue weighted by molar-refractivity contribution is 7.94. The molecule has 2 aromatic carbocycles. The van der Waals surface area contributed by atoms with Gasteiger partial charge in [-0.1, -0.05) is 29.3 Å². The molecule has 0 aliphatic heterocycles. The first-order chi connectivity index (χ1) is 21.9. The van der Waals surface area contributed by atoms with Gasteiger partial charge in [0.25, 0.3) is 5.91 Å². The lowest BCUT2D eigenvalue weighted by molar-refractivity contribution is -0.432. The number of carboxylic acids is 1. The Morgan fingerprint density at radius 2 is 1.76 bits per heavy atom. The first-order valence-electron chi connectivity index (χ1n) is 14.0. The molecule has 0 unspecified atom stereocenters. The van der Waals surface area contributed by atoms with Crippen molar-refractivity contribution < 1.29 is 43.6 Å². The van der Waals surface area contributed by atoms with Crippen LogP contribution in [0.1, 0.15) is 47.2 Å². The van der Waals surface area contributed by atoms with E-state index in [1.165, 1.54) is 13.3 Å². The van der Waals surface area contributed by atoms with Crippen LogP contribution in [-0.2, 0) is 31.9 Å². The fraction of sp³-hybridized carbons (Fsp3) is 0.333. The maximum Gasteiger partial charge on any atom is 0.303 e. The van der Waals surface area contributed by atoms with Crippen LogP contribution in [-0.4, -0.2) is 59.9 Å². The molecule has 1 heterocycles. The Kier molecular flexibility index (Phi) is 15.3. The van der Waals surface area contributed by atoms with E-state index in [-0.39, 0.29) is 44.2 Å². The van der Waals surface area contributed by atoms with E-state index in [4.69, 9.17) is 19.8 Å². The fourth-order valence-electron chi connectivity index (χ4n) is 4.00. The van der Waals surface area contributed by atoms with E-state index in [0.29, 0.717) is 59.3 Å². The topological polar surface area (TPSA) is 190 Å². The van der Waals surface area contributed by atoms with Gasteiger partial charge in [-0.25, -0.2) is 10.2 Å². The maximum atomic E-state index is 12.4. The van der Waals surface area contributed by atoms with Gasteiger partial charge in [-0.15, -0.1) is 9.45 Å². The molecule has 14 nitrogen and oxygen atoms in total. The molecule has 45 heavy (non-hydrogen) atoms.